The maximum atomic E-state index is 10.7. The van der Waals surface area contributed by atoms with Gasteiger partial charge < -0.3 is 14.6 Å². The fourth-order valence-electron chi connectivity index (χ4n) is 2.54. The summed E-state index contributed by atoms with van der Waals surface area (Å²) in [7, 11) is 1.62. The molecule has 0 radical (unpaired) electrons. The van der Waals surface area contributed by atoms with Crippen LogP contribution in [0.5, 0.6) is 11.5 Å². The van der Waals surface area contributed by atoms with E-state index in [4.69, 9.17) is 9.47 Å². The maximum Gasteiger partial charge on any atom is 0.123 e. The zero-order valence-electron chi connectivity index (χ0n) is 11.0. The minimum absolute atomic E-state index is 0.0455. The molecule has 0 aromatic heterocycles. The molecule has 4 heteroatoms. The fourth-order valence-corrected chi connectivity index (χ4v) is 3.13. The average molecular weight is 335 g/mol. The second-order valence-corrected chi connectivity index (χ2v) is 5.64. The topological polar surface area (TPSA) is 38.7 Å². The summed E-state index contributed by atoms with van der Waals surface area (Å²) in [4.78, 5) is 0. The van der Waals surface area contributed by atoms with Crippen LogP contribution in [-0.2, 0) is 0 Å². The van der Waals surface area contributed by atoms with Crippen molar-refractivity contribution >= 4 is 15.9 Å². The van der Waals surface area contributed by atoms with Crippen LogP contribution in [0.3, 0.4) is 0 Å². The molecule has 2 aromatic carbocycles. The first-order valence-corrected chi connectivity index (χ1v) is 7.23. The van der Waals surface area contributed by atoms with Crippen LogP contribution in [0, 0.1) is 0 Å². The fraction of sp³-hybridized carbons (Fsp3) is 0.250. The number of hydrogen-bond donors (Lipinski definition) is 1. The third-order valence-corrected chi connectivity index (χ3v) is 4.33. The molecule has 3 rings (SSSR count). The molecule has 0 spiro atoms. The highest BCUT2D eigenvalue weighted by molar-refractivity contribution is 9.10. The van der Waals surface area contributed by atoms with Gasteiger partial charge in [-0.3, -0.25) is 0 Å². The zero-order valence-corrected chi connectivity index (χ0v) is 12.6. The molecule has 2 atom stereocenters. The van der Waals surface area contributed by atoms with Gasteiger partial charge in [-0.25, -0.2) is 0 Å². The summed E-state index contributed by atoms with van der Waals surface area (Å²) in [6.07, 6.45) is -0.612. The Labute approximate surface area is 126 Å². The van der Waals surface area contributed by atoms with Gasteiger partial charge in [-0.15, -0.1) is 0 Å². The van der Waals surface area contributed by atoms with Crippen LogP contribution >= 0.6 is 15.9 Å². The molecule has 0 saturated carbocycles. The number of fused-ring (bicyclic) bond motifs is 1. The van der Waals surface area contributed by atoms with Crippen molar-refractivity contribution in [3.63, 3.8) is 0 Å². The van der Waals surface area contributed by atoms with Crippen molar-refractivity contribution in [2.24, 2.45) is 0 Å². The van der Waals surface area contributed by atoms with Crippen molar-refractivity contribution < 1.29 is 14.6 Å². The van der Waals surface area contributed by atoms with Crippen molar-refractivity contribution in [1.82, 2.24) is 0 Å². The number of benzene rings is 2. The SMILES string of the molecule is COc1ccc(C(O)C2COc3ccccc32)c(Br)c1. The predicted molar refractivity (Wildman–Crippen MR) is 80.3 cm³/mol. The molecule has 0 amide bonds. The van der Waals surface area contributed by atoms with Crippen molar-refractivity contribution in [1.29, 1.82) is 0 Å². The zero-order chi connectivity index (χ0) is 14.1. The molecular formula is C16H15BrO3. The summed E-state index contributed by atoms with van der Waals surface area (Å²) < 4.78 is 11.7. The Balaban J connectivity index is 1.92. The van der Waals surface area contributed by atoms with Crippen LogP contribution in [0.2, 0.25) is 0 Å². The molecule has 0 fully saturated rings. The van der Waals surface area contributed by atoms with Crippen LogP contribution in [-0.4, -0.2) is 18.8 Å². The molecule has 0 aliphatic carbocycles. The van der Waals surface area contributed by atoms with E-state index in [1.165, 1.54) is 0 Å². The molecule has 1 aliphatic rings. The Kier molecular flexibility index (Phi) is 3.68. The number of aliphatic hydroxyl groups excluding tert-OH is 1. The summed E-state index contributed by atoms with van der Waals surface area (Å²) in [5, 5.41) is 10.7. The molecule has 0 saturated heterocycles. The quantitative estimate of drug-likeness (QED) is 0.930. The molecule has 104 valence electrons. The molecule has 1 aliphatic heterocycles. The lowest BCUT2D eigenvalue weighted by atomic mass is 9.91. The summed E-state index contributed by atoms with van der Waals surface area (Å²) in [5.74, 6) is 1.58. The molecule has 0 bridgehead atoms. The Morgan fingerprint density at radius 2 is 2.10 bits per heavy atom. The number of methoxy groups -OCH3 is 1. The number of hydrogen-bond acceptors (Lipinski definition) is 3. The van der Waals surface area contributed by atoms with Gasteiger partial charge in [-0.2, -0.15) is 0 Å². The minimum atomic E-state index is -0.612. The number of para-hydroxylation sites is 1. The maximum absolute atomic E-state index is 10.7. The third-order valence-electron chi connectivity index (χ3n) is 3.64. The highest BCUT2D eigenvalue weighted by Crippen LogP contribution is 2.43. The Hall–Kier alpha value is -1.52. The number of ether oxygens (including phenoxy) is 2. The molecule has 1 heterocycles. The normalized spacial score (nSPS) is 18.2. The summed E-state index contributed by atoms with van der Waals surface area (Å²) >= 11 is 3.49. The smallest absolute Gasteiger partial charge is 0.123 e. The molecule has 20 heavy (non-hydrogen) atoms. The van der Waals surface area contributed by atoms with E-state index in [1.54, 1.807) is 7.11 Å². The van der Waals surface area contributed by atoms with Crippen LogP contribution in [0.1, 0.15) is 23.1 Å². The first kappa shape index (κ1) is 13.5. The first-order chi connectivity index (χ1) is 9.70. The summed E-state index contributed by atoms with van der Waals surface area (Å²) in [6, 6.07) is 13.5. The number of aliphatic hydroxyl groups is 1. The van der Waals surface area contributed by atoms with Crippen molar-refractivity contribution in [3.8, 4) is 11.5 Å². The van der Waals surface area contributed by atoms with Crippen LogP contribution < -0.4 is 9.47 Å². The second-order valence-electron chi connectivity index (χ2n) is 4.79. The Bertz CT molecular complexity index is 627. The lowest BCUT2D eigenvalue weighted by molar-refractivity contribution is 0.129. The van der Waals surface area contributed by atoms with E-state index in [9.17, 15) is 5.11 Å². The van der Waals surface area contributed by atoms with E-state index in [1.807, 2.05) is 42.5 Å². The van der Waals surface area contributed by atoms with Gasteiger partial charge in [0.25, 0.3) is 0 Å². The van der Waals surface area contributed by atoms with E-state index >= 15 is 0 Å². The van der Waals surface area contributed by atoms with Crippen LogP contribution in [0.15, 0.2) is 46.9 Å². The van der Waals surface area contributed by atoms with Crippen LogP contribution in [0.25, 0.3) is 0 Å². The lowest BCUT2D eigenvalue weighted by Crippen LogP contribution is -2.13. The van der Waals surface area contributed by atoms with Gasteiger partial charge in [-0.1, -0.05) is 40.2 Å². The lowest BCUT2D eigenvalue weighted by Gasteiger charge is -2.19. The van der Waals surface area contributed by atoms with E-state index in [2.05, 4.69) is 15.9 Å². The van der Waals surface area contributed by atoms with Gasteiger partial charge in [0.05, 0.1) is 25.7 Å². The van der Waals surface area contributed by atoms with Crippen LogP contribution in [0.4, 0.5) is 0 Å². The standard InChI is InChI=1S/C16H15BrO3/c1-19-10-6-7-12(14(17)8-10)16(18)13-9-20-15-5-3-2-4-11(13)15/h2-8,13,16,18H,9H2,1H3. The largest absolute Gasteiger partial charge is 0.497 e. The minimum Gasteiger partial charge on any atom is -0.497 e. The Morgan fingerprint density at radius 3 is 2.85 bits per heavy atom. The van der Waals surface area contributed by atoms with Gasteiger partial charge in [-0.05, 0) is 23.8 Å². The summed E-state index contributed by atoms with van der Waals surface area (Å²) in [6.45, 7) is 0.499. The molecule has 2 aromatic rings. The highest BCUT2D eigenvalue weighted by atomic mass is 79.9. The number of halogens is 1. The van der Waals surface area contributed by atoms with Crippen molar-refractivity contribution in [3.05, 3.63) is 58.1 Å². The first-order valence-electron chi connectivity index (χ1n) is 6.44. The molecular weight excluding hydrogens is 320 g/mol. The molecule has 1 N–H and O–H groups in total. The number of rotatable bonds is 3. The van der Waals surface area contributed by atoms with Gasteiger partial charge in [0.1, 0.15) is 11.5 Å². The van der Waals surface area contributed by atoms with E-state index in [-0.39, 0.29) is 5.92 Å². The van der Waals surface area contributed by atoms with Gasteiger partial charge in [0, 0.05) is 10.0 Å². The molecule has 2 unspecified atom stereocenters. The summed E-state index contributed by atoms with van der Waals surface area (Å²) in [5.41, 5.74) is 1.90. The molecule has 3 nitrogen and oxygen atoms in total. The van der Waals surface area contributed by atoms with Gasteiger partial charge >= 0.3 is 0 Å². The van der Waals surface area contributed by atoms with E-state index < -0.39 is 6.10 Å². The second kappa shape index (κ2) is 5.46. The van der Waals surface area contributed by atoms with E-state index in [0.717, 1.165) is 27.1 Å². The third kappa shape index (κ3) is 2.30. The van der Waals surface area contributed by atoms with Gasteiger partial charge in [0.2, 0.25) is 0 Å². The van der Waals surface area contributed by atoms with Crippen molar-refractivity contribution in [2.75, 3.05) is 13.7 Å². The Morgan fingerprint density at radius 1 is 1.30 bits per heavy atom. The average Bonchev–Trinajstić information content (AvgIpc) is 2.90. The van der Waals surface area contributed by atoms with Crippen molar-refractivity contribution in [2.45, 2.75) is 12.0 Å². The van der Waals surface area contributed by atoms with Gasteiger partial charge in [0.15, 0.2) is 0 Å². The predicted octanol–water partition coefficient (Wildman–Crippen LogP) is 3.67. The highest BCUT2D eigenvalue weighted by Gasteiger charge is 2.31. The van der Waals surface area contributed by atoms with E-state index in [0.29, 0.717) is 6.61 Å². The monoisotopic (exact) mass is 334 g/mol.